The van der Waals surface area contributed by atoms with Crippen LogP contribution in [0, 0.1) is 6.92 Å². The highest BCUT2D eigenvalue weighted by Crippen LogP contribution is 2.18. The number of nitrogens with one attached hydrogen (secondary N) is 1. The molecule has 2 aromatic rings. The third kappa shape index (κ3) is 3.48. The second-order valence-corrected chi connectivity index (χ2v) is 6.58. The van der Waals surface area contributed by atoms with Crippen molar-refractivity contribution < 1.29 is 13.5 Å². The third-order valence-electron chi connectivity index (χ3n) is 2.83. The van der Waals surface area contributed by atoms with Crippen LogP contribution in [0.1, 0.15) is 11.4 Å². The van der Waals surface area contributed by atoms with E-state index in [9.17, 15) is 13.5 Å². The number of anilines is 1. The Morgan fingerprint density at radius 2 is 1.80 bits per heavy atom. The maximum atomic E-state index is 11.3. The lowest BCUT2D eigenvalue weighted by Crippen LogP contribution is -2.03. The van der Waals surface area contributed by atoms with Crippen LogP contribution in [0.5, 0.6) is 5.75 Å². The molecule has 0 fully saturated rings. The van der Waals surface area contributed by atoms with E-state index in [0.29, 0.717) is 12.2 Å². The number of hydrogen-bond acceptors (Lipinski definition) is 5. The maximum absolute atomic E-state index is 11.3. The topological polar surface area (TPSA) is 79.3 Å². The Kier molecular flexibility index (Phi) is 3.94. The van der Waals surface area contributed by atoms with Crippen molar-refractivity contribution >= 4 is 15.5 Å². The number of aromatic hydroxyl groups is 1. The van der Waals surface area contributed by atoms with Crippen LogP contribution in [0.4, 0.5) is 5.69 Å². The molecule has 2 rings (SSSR count). The molecule has 0 saturated heterocycles. The zero-order valence-electron chi connectivity index (χ0n) is 11.3. The summed E-state index contributed by atoms with van der Waals surface area (Å²) in [5.41, 5.74) is 2.14. The second-order valence-electron chi connectivity index (χ2n) is 4.57. The van der Waals surface area contributed by atoms with Crippen LogP contribution in [0.25, 0.3) is 0 Å². The lowest BCUT2D eigenvalue weighted by Gasteiger charge is -2.08. The van der Waals surface area contributed by atoms with Crippen molar-refractivity contribution in [3.8, 4) is 5.75 Å². The number of pyridine rings is 1. The van der Waals surface area contributed by atoms with Gasteiger partial charge in [-0.1, -0.05) is 0 Å². The summed E-state index contributed by atoms with van der Waals surface area (Å²) in [5.74, 6) is 0.135. The highest BCUT2D eigenvalue weighted by Gasteiger charge is 2.07. The Morgan fingerprint density at radius 1 is 1.15 bits per heavy atom. The first kappa shape index (κ1) is 14.3. The second kappa shape index (κ2) is 5.50. The largest absolute Gasteiger partial charge is 0.506 e. The molecule has 5 nitrogen and oxygen atoms in total. The number of rotatable bonds is 4. The molecular formula is C14H16N2O3S. The fraction of sp³-hybridized carbons (Fsp3) is 0.214. The fourth-order valence-electron chi connectivity index (χ4n) is 1.74. The average Bonchev–Trinajstić information content (AvgIpc) is 2.39. The summed E-state index contributed by atoms with van der Waals surface area (Å²) in [6.45, 7) is 2.22. The van der Waals surface area contributed by atoms with Gasteiger partial charge in [-0.15, -0.1) is 0 Å². The molecule has 0 spiro atoms. The predicted octanol–water partition coefficient (Wildman–Crippen LogP) is 2.11. The summed E-state index contributed by atoms with van der Waals surface area (Å²) in [5, 5.41) is 12.8. The van der Waals surface area contributed by atoms with E-state index in [2.05, 4.69) is 10.3 Å². The van der Waals surface area contributed by atoms with E-state index in [0.717, 1.165) is 11.4 Å². The number of benzene rings is 1. The van der Waals surface area contributed by atoms with Crippen molar-refractivity contribution in [2.45, 2.75) is 18.4 Å². The van der Waals surface area contributed by atoms with Crippen molar-refractivity contribution in [1.29, 1.82) is 0 Å². The zero-order chi connectivity index (χ0) is 14.8. The lowest BCUT2D eigenvalue weighted by atomic mass is 10.2. The smallest absolute Gasteiger partial charge is 0.175 e. The van der Waals surface area contributed by atoms with Gasteiger partial charge in [-0.3, -0.25) is 4.98 Å². The molecule has 0 bridgehead atoms. The Balaban J connectivity index is 2.10. The van der Waals surface area contributed by atoms with Gasteiger partial charge in [0.15, 0.2) is 9.84 Å². The average molecular weight is 292 g/mol. The van der Waals surface area contributed by atoms with Crippen LogP contribution >= 0.6 is 0 Å². The van der Waals surface area contributed by atoms with Gasteiger partial charge in [0.2, 0.25) is 0 Å². The van der Waals surface area contributed by atoms with Crippen LogP contribution in [-0.4, -0.2) is 24.8 Å². The van der Waals surface area contributed by atoms with Gasteiger partial charge >= 0.3 is 0 Å². The molecule has 0 unspecified atom stereocenters. The molecule has 0 aliphatic heterocycles. The molecule has 1 aromatic carbocycles. The van der Waals surface area contributed by atoms with Crippen LogP contribution in [0.2, 0.25) is 0 Å². The van der Waals surface area contributed by atoms with E-state index in [1.54, 1.807) is 36.4 Å². The molecule has 0 aliphatic carbocycles. The predicted molar refractivity (Wildman–Crippen MR) is 77.5 cm³/mol. The fourth-order valence-corrected chi connectivity index (χ4v) is 2.37. The normalized spacial score (nSPS) is 11.3. The van der Waals surface area contributed by atoms with Gasteiger partial charge in [-0.05, 0) is 43.3 Å². The van der Waals surface area contributed by atoms with Gasteiger partial charge < -0.3 is 10.4 Å². The number of hydrogen-bond donors (Lipinski definition) is 2. The van der Waals surface area contributed by atoms with E-state index in [1.165, 1.54) is 6.26 Å². The van der Waals surface area contributed by atoms with Crippen molar-refractivity contribution in [2.75, 3.05) is 11.6 Å². The first-order valence-electron chi connectivity index (χ1n) is 6.06. The molecular weight excluding hydrogens is 276 g/mol. The molecule has 1 aromatic heterocycles. The molecule has 1 heterocycles. The minimum absolute atomic E-state index is 0.135. The van der Waals surface area contributed by atoms with Gasteiger partial charge in [-0.25, -0.2) is 8.42 Å². The van der Waals surface area contributed by atoms with Gasteiger partial charge in [0.25, 0.3) is 0 Å². The molecule has 0 amide bonds. The first-order valence-corrected chi connectivity index (χ1v) is 7.95. The molecule has 0 aliphatic rings. The highest BCUT2D eigenvalue weighted by molar-refractivity contribution is 7.90. The van der Waals surface area contributed by atoms with Crippen LogP contribution in [0.3, 0.4) is 0 Å². The summed E-state index contributed by atoms with van der Waals surface area (Å²) >= 11 is 0. The Labute approximate surface area is 118 Å². The van der Waals surface area contributed by atoms with Crippen molar-refractivity contribution in [1.82, 2.24) is 4.98 Å². The summed E-state index contributed by atoms with van der Waals surface area (Å²) in [6.07, 6.45) is 1.17. The van der Waals surface area contributed by atoms with E-state index in [1.807, 2.05) is 6.92 Å². The first-order chi connectivity index (χ1) is 9.36. The Bertz CT molecular complexity index is 710. The number of nitrogens with zero attached hydrogens (tertiary/aromatic N) is 1. The molecule has 2 N–H and O–H groups in total. The summed E-state index contributed by atoms with van der Waals surface area (Å²) < 4.78 is 22.7. The van der Waals surface area contributed by atoms with E-state index >= 15 is 0 Å². The molecule has 6 heteroatoms. The van der Waals surface area contributed by atoms with E-state index in [-0.39, 0.29) is 10.6 Å². The van der Waals surface area contributed by atoms with E-state index < -0.39 is 9.84 Å². The molecule has 0 atom stereocenters. The van der Waals surface area contributed by atoms with Crippen LogP contribution in [0.15, 0.2) is 41.3 Å². The maximum Gasteiger partial charge on any atom is 0.175 e. The minimum Gasteiger partial charge on any atom is -0.506 e. The lowest BCUT2D eigenvalue weighted by molar-refractivity contribution is 0.464. The molecule has 20 heavy (non-hydrogen) atoms. The van der Waals surface area contributed by atoms with Gasteiger partial charge in [0.05, 0.1) is 11.4 Å². The zero-order valence-corrected chi connectivity index (χ0v) is 12.1. The SMILES string of the molecule is Cc1ccc(O)c(CNc2ccc(S(C)(=O)=O)cc2)n1. The third-order valence-corrected chi connectivity index (χ3v) is 3.96. The number of sulfone groups is 1. The van der Waals surface area contributed by atoms with Crippen molar-refractivity contribution in [3.05, 3.63) is 47.8 Å². The summed E-state index contributed by atoms with van der Waals surface area (Å²) in [4.78, 5) is 4.51. The standard InChI is InChI=1S/C14H16N2O3S/c1-10-3-8-14(17)13(16-10)9-15-11-4-6-12(7-5-11)20(2,18)19/h3-8,15,17H,9H2,1-2H3. The van der Waals surface area contributed by atoms with Crippen LogP contribution in [-0.2, 0) is 16.4 Å². The van der Waals surface area contributed by atoms with Gasteiger partial charge in [0.1, 0.15) is 11.4 Å². The monoisotopic (exact) mass is 292 g/mol. The molecule has 0 radical (unpaired) electrons. The van der Waals surface area contributed by atoms with E-state index in [4.69, 9.17) is 0 Å². The number of aromatic nitrogens is 1. The van der Waals surface area contributed by atoms with Crippen LogP contribution < -0.4 is 5.32 Å². The summed E-state index contributed by atoms with van der Waals surface area (Å²) in [7, 11) is -3.18. The molecule has 106 valence electrons. The molecule has 0 saturated carbocycles. The van der Waals surface area contributed by atoms with Crippen molar-refractivity contribution in [2.24, 2.45) is 0 Å². The number of aryl methyl sites for hydroxylation is 1. The Hall–Kier alpha value is -2.08. The highest BCUT2D eigenvalue weighted by atomic mass is 32.2. The van der Waals surface area contributed by atoms with Gasteiger partial charge in [-0.2, -0.15) is 0 Å². The summed E-state index contributed by atoms with van der Waals surface area (Å²) in [6, 6.07) is 9.79. The van der Waals surface area contributed by atoms with Gasteiger partial charge in [0, 0.05) is 17.6 Å². The minimum atomic E-state index is -3.18. The Morgan fingerprint density at radius 3 is 2.40 bits per heavy atom. The van der Waals surface area contributed by atoms with Crippen molar-refractivity contribution in [3.63, 3.8) is 0 Å². The quantitative estimate of drug-likeness (QED) is 0.902.